The second kappa shape index (κ2) is 15.7. The molecule has 17 heteroatoms. The van der Waals surface area contributed by atoms with Crippen molar-refractivity contribution in [2.75, 3.05) is 32.7 Å². The average Bonchev–Trinajstić information content (AvgIpc) is 3.80. The molecule has 2 atom stereocenters. The zero-order valence-corrected chi connectivity index (χ0v) is 30.1. The molecule has 10 nitrogen and oxygen atoms in total. The second-order valence-electron chi connectivity index (χ2n) is 14.3. The first-order valence-electron chi connectivity index (χ1n) is 17.9. The Kier molecular flexibility index (Phi) is 11.5. The SMILES string of the molecule is NC1CCN(C(=O)C2CN([C@H]3CCc4cc(C(F)(F)F)ccc43)CCN2S(=O)(=O)c2ccc3cc(OC4CCCC4)ccc3c2)CC1.O=C(O)C(F)(F)F. The molecule has 1 saturated carbocycles. The van der Waals surface area contributed by atoms with Crippen molar-refractivity contribution in [2.45, 2.75) is 92.8 Å². The van der Waals surface area contributed by atoms with E-state index < -0.39 is 40.0 Å². The quantitative estimate of drug-likeness (QED) is 0.286. The summed E-state index contributed by atoms with van der Waals surface area (Å²) in [7, 11) is -4.08. The summed E-state index contributed by atoms with van der Waals surface area (Å²) in [6, 6.07) is 13.4. The third-order valence-corrected chi connectivity index (χ3v) is 12.6. The molecule has 3 aromatic rings. The first-order chi connectivity index (χ1) is 25.4. The van der Waals surface area contributed by atoms with Crippen molar-refractivity contribution in [3.63, 3.8) is 0 Å². The number of sulfonamides is 1. The summed E-state index contributed by atoms with van der Waals surface area (Å²) in [5.74, 6) is -2.25. The maximum Gasteiger partial charge on any atom is 0.490 e. The van der Waals surface area contributed by atoms with Gasteiger partial charge in [0.2, 0.25) is 15.9 Å². The highest BCUT2D eigenvalue weighted by molar-refractivity contribution is 7.89. The lowest BCUT2D eigenvalue weighted by molar-refractivity contribution is -0.192. The van der Waals surface area contributed by atoms with Gasteiger partial charge in [0.25, 0.3) is 0 Å². The van der Waals surface area contributed by atoms with Gasteiger partial charge in [-0.15, -0.1) is 0 Å². The minimum Gasteiger partial charge on any atom is -0.490 e. The van der Waals surface area contributed by atoms with Crippen LogP contribution in [-0.2, 0) is 32.2 Å². The number of rotatable bonds is 6. The molecule has 3 N–H and O–H groups in total. The number of carbonyl (C=O) groups excluding carboxylic acids is 1. The Morgan fingerprint density at radius 1 is 0.815 bits per heavy atom. The van der Waals surface area contributed by atoms with Crippen LogP contribution in [0.1, 0.15) is 67.7 Å². The fourth-order valence-corrected chi connectivity index (χ4v) is 9.41. The fraction of sp³-hybridized carbons (Fsp3) is 0.514. The zero-order chi connectivity index (χ0) is 39.0. The molecule has 2 aliphatic heterocycles. The third kappa shape index (κ3) is 8.79. The molecule has 2 aliphatic carbocycles. The lowest BCUT2D eigenvalue weighted by Gasteiger charge is -2.44. The van der Waals surface area contributed by atoms with E-state index in [9.17, 15) is 39.6 Å². The van der Waals surface area contributed by atoms with Gasteiger partial charge in [-0.25, -0.2) is 13.2 Å². The van der Waals surface area contributed by atoms with Gasteiger partial charge in [-0.3, -0.25) is 9.69 Å². The molecular weight excluding hydrogens is 742 g/mol. The van der Waals surface area contributed by atoms with E-state index in [0.29, 0.717) is 50.9 Å². The normalized spacial score (nSPS) is 22.2. The summed E-state index contributed by atoms with van der Waals surface area (Å²) < 4.78 is 108. The molecule has 294 valence electrons. The van der Waals surface area contributed by atoms with E-state index in [0.717, 1.165) is 41.0 Å². The number of benzene rings is 3. The number of fused-ring (bicyclic) bond motifs is 2. The van der Waals surface area contributed by atoms with Crippen molar-refractivity contribution in [3.05, 3.63) is 71.3 Å². The van der Waals surface area contributed by atoms with Gasteiger partial charge in [0.1, 0.15) is 11.8 Å². The maximum absolute atomic E-state index is 14.3. The summed E-state index contributed by atoms with van der Waals surface area (Å²) in [6.45, 7) is 1.51. The molecular formula is C37H42F6N4O6S. The van der Waals surface area contributed by atoms with Crippen molar-refractivity contribution in [3.8, 4) is 5.75 Å². The number of ether oxygens (including phenoxy) is 1. The first-order valence-corrected chi connectivity index (χ1v) is 19.4. The highest BCUT2D eigenvalue weighted by atomic mass is 32.2. The van der Waals surface area contributed by atoms with E-state index in [2.05, 4.69) is 4.90 Å². The van der Waals surface area contributed by atoms with Crippen LogP contribution in [0.3, 0.4) is 0 Å². The molecule has 0 spiro atoms. The van der Waals surface area contributed by atoms with Gasteiger partial charge in [-0.2, -0.15) is 30.6 Å². The Morgan fingerprint density at radius 3 is 2.11 bits per heavy atom. The molecule has 1 unspecified atom stereocenters. The van der Waals surface area contributed by atoms with Crippen LogP contribution in [-0.4, -0.2) is 96.6 Å². The summed E-state index contributed by atoms with van der Waals surface area (Å²) in [4.78, 5) is 26.9. The van der Waals surface area contributed by atoms with Crippen LogP contribution >= 0.6 is 0 Å². The number of nitrogens with zero attached hydrogens (tertiary/aromatic N) is 3. The molecule has 0 aromatic heterocycles. The number of hydrogen-bond acceptors (Lipinski definition) is 7. The van der Waals surface area contributed by atoms with E-state index in [4.69, 9.17) is 20.4 Å². The second-order valence-corrected chi connectivity index (χ2v) is 16.1. The number of carboxylic acids is 1. The van der Waals surface area contributed by atoms with Crippen molar-refractivity contribution in [1.82, 2.24) is 14.1 Å². The largest absolute Gasteiger partial charge is 0.490 e. The first kappa shape index (κ1) is 39.8. The molecule has 0 radical (unpaired) electrons. The molecule has 2 saturated heterocycles. The number of aliphatic carboxylic acids is 1. The monoisotopic (exact) mass is 784 g/mol. The molecule has 7 rings (SSSR count). The Labute approximate surface area is 308 Å². The van der Waals surface area contributed by atoms with E-state index >= 15 is 0 Å². The average molecular weight is 785 g/mol. The Morgan fingerprint density at radius 2 is 1.46 bits per heavy atom. The summed E-state index contributed by atoms with van der Waals surface area (Å²) >= 11 is 0. The van der Waals surface area contributed by atoms with Gasteiger partial charge < -0.3 is 20.5 Å². The predicted octanol–water partition coefficient (Wildman–Crippen LogP) is 6.13. The number of piperidine rings is 1. The van der Waals surface area contributed by atoms with E-state index in [1.165, 1.54) is 23.2 Å². The summed E-state index contributed by atoms with van der Waals surface area (Å²) in [5.41, 5.74) is 6.90. The number of amides is 1. The van der Waals surface area contributed by atoms with Gasteiger partial charge in [-0.1, -0.05) is 18.2 Å². The Balaban J connectivity index is 0.000000649. The number of nitrogens with two attached hydrogens (primary N) is 1. The van der Waals surface area contributed by atoms with Gasteiger partial charge in [-0.05, 0) is 110 Å². The number of likely N-dealkylation sites (tertiary alicyclic amines) is 1. The van der Waals surface area contributed by atoms with Crippen LogP contribution in [0.5, 0.6) is 5.75 Å². The van der Waals surface area contributed by atoms with E-state index in [1.54, 1.807) is 29.2 Å². The maximum atomic E-state index is 14.3. The van der Waals surface area contributed by atoms with Crippen molar-refractivity contribution < 1.29 is 54.2 Å². The Hall–Kier alpha value is -3.93. The van der Waals surface area contributed by atoms with Crippen LogP contribution in [0.25, 0.3) is 10.8 Å². The van der Waals surface area contributed by atoms with Crippen LogP contribution in [0, 0.1) is 0 Å². The lowest BCUT2D eigenvalue weighted by atomic mass is 10.0. The van der Waals surface area contributed by atoms with Gasteiger partial charge in [0.05, 0.1) is 16.6 Å². The lowest BCUT2D eigenvalue weighted by Crippen LogP contribution is -2.62. The van der Waals surface area contributed by atoms with Crippen LogP contribution in [0.4, 0.5) is 26.3 Å². The molecule has 3 aromatic carbocycles. The number of carbonyl (C=O) groups is 2. The topological polar surface area (TPSA) is 133 Å². The molecule has 3 fully saturated rings. The van der Waals surface area contributed by atoms with Crippen LogP contribution in [0.2, 0.25) is 0 Å². The molecule has 2 heterocycles. The molecule has 0 bridgehead atoms. The zero-order valence-electron chi connectivity index (χ0n) is 29.3. The highest BCUT2D eigenvalue weighted by Gasteiger charge is 2.45. The molecule has 1 amide bonds. The summed E-state index contributed by atoms with van der Waals surface area (Å²) in [5, 5.41) is 8.76. The number of aryl methyl sites for hydroxylation is 1. The van der Waals surface area contributed by atoms with Crippen LogP contribution < -0.4 is 10.5 Å². The number of hydrogen-bond donors (Lipinski definition) is 2. The highest BCUT2D eigenvalue weighted by Crippen LogP contribution is 2.41. The Bertz CT molecular complexity index is 1960. The van der Waals surface area contributed by atoms with Gasteiger partial charge >= 0.3 is 18.3 Å². The van der Waals surface area contributed by atoms with Crippen LogP contribution in [0.15, 0.2) is 59.5 Å². The number of piperazine rings is 1. The van der Waals surface area contributed by atoms with Crippen molar-refractivity contribution >= 4 is 32.7 Å². The smallest absolute Gasteiger partial charge is 0.490 e. The molecule has 4 aliphatic rings. The number of carboxylic acid groups (broad SMARTS) is 1. The van der Waals surface area contributed by atoms with Gasteiger partial charge in [0.15, 0.2) is 0 Å². The minimum atomic E-state index is -5.08. The minimum absolute atomic E-state index is 0.000000409. The van der Waals surface area contributed by atoms with Gasteiger partial charge in [0, 0.05) is 44.8 Å². The fourth-order valence-electron chi connectivity index (χ4n) is 7.81. The predicted molar refractivity (Wildman–Crippen MR) is 186 cm³/mol. The number of halogens is 6. The van der Waals surface area contributed by atoms with E-state index in [1.807, 2.05) is 18.2 Å². The van der Waals surface area contributed by atoms with E-state index in [-0.39, 0.29) is 42.1 Å². The third-order valence-electron chi connectivity index (χ3n) is 10.7. The van der Waals surface area contributed by atoms with Crippen molar-refractivity contribution in [2.24, 2.45) is 5.73 Å². The molecule has 54 heavy (non-hydrogen) atoms. The van der Waals surface area contributed by atoms with Crippen molar-refractivity contribution in [1.29, 1.82) is 0 Å². The summed E-state index contributed by atoms with van der Waals surface area (Å²) in [6.07, 6.45) is -2.49. The number of alkyl halides is 6. The standard InChI is InChI=1S/C35H41F3N4O4S.C2HF3O2/c36-35(37,38)26-8-11-31-25(19-26)7-12-32(31)41-17-18-42(33(22-41)34(43)40-15-13-27(39)14-16-40)47(44,45)30-10-6-23-20-29(9-5-24(23)21-30)46-28-3-1-2-4-28;3-2(4,5)1(6)7/h5-6,8-11,19-21,27-28,32-33H,1-4,7,12-18,22,39H2;(H,6,7)/t32-,33?;/m0./s1.